The fourth-order valence-electron chi connectivity index (χ4n) is 3.84. The van der Waals surface area contributed by atoms with Gasteiger partial charge in [-0.05, 0) is 18.2 Å². The molecule has 1 amide bonds. The maximum absolute atomic E-state index is 12.9. The average Bonchev–Trinajstić information content (AvgIpc) is 3.33. The van der Waals surface area contributed by atoms with Crippen LogP contribution in [0.15, 0.2) is 65.5 Å². The van der Waals surface area contributed by atoms with Crippen LogP contribution in [0.1, 0.15) is 5.56 Å². The lowest BCUT2D eigenvalue weighted by Gasteiger charge is -2.35. The van der Waals surface area contributed by atoms with Crippen LogP contribution in [-0.2, 0) is 11.0 Å². The van der Waals surface area contributed by atoms with Crippen molar-refractivity contribution < 1.29 is 22.7 Å². The molecule has 2 aromatic carbocycles. The molecular weight excluding hydrogens is 495 g/mol. The first-order chi connectivity index (χ1) is 17.3. The molecule has 2 aromatic heterocycles. The molecule has 3 heterocycles. The number of benzene rings is 2. The topological polar surface area (TPSA) is 80.0 Å². The molecule has 0 spiro atoms. The van der Waals surface area contributed by atoms with E-state index in [4.69, 9.17) is 4.74 Å². The van der Waals surface area contributed by atoms with Gasteiger partial charge in [0, 0.05) is 37.8 Å². The zero-order chi connectivity index (χ0) is 25.3. The minimum absolute atomic E-state index is 0.0192. The molecule has 1 saturated heterocycles. The molecule has 1 aliphatic heterocycles. The number of hydrogen-bond acceptors (Lipinski definition) is 7. The molecule has 1 fully saturated rings. The fourth-order valence-corrected chi connectivity index (χ4v) is 4.75. The normalized spacial score (nSPS) is 14.3. The van der Waals surface area contributed by atoms with Crippen LogP contribution in [0.3, 0.4) is 0 Å². The molecule has 1 aliphatic rings. The minimum Gasteiger partial charge on any atom is -0.484 e. The molecule has 5 rings (SSSR count). The van der Waals surface area contributed by atoms with E-state index in [9.17, 15) is 22.8 Å². The fraction of sp³-hybridized carbons (Fsp3) is 0.250. The Balaban J connectivity index is 1.21. The number of carbonyl (C=O) groups is 1. The third kappa shape index (κ3) is 5.03. The van der Waals surface area contributed by atoms with Crippen LogP contribution >= 0.6 is 11.3 Å². The monoisotopic (exact) mass is 515 g/mol. The molecule has 186 valence electrons. The summed E-state index contributed by atoms with van der Waals surface area (Å²) in [6, 6.07) is 15.4. The number of carbonyl (C=O) groups excluding carboxylic acids is 1. The van der Waals surface area contributed by atoms with Gasteiger partial charge in [-0.15, -0.1) is 0 Å². The Morgan fingerprint density at radius 3 is 2.47 bits per heavy atom. The lowest BCUT2D eigenvalue weighted by atomic mass is 10.2. The van der Waals surface area contributed by atoms with Crippen LogP contribution < -0.4 is 15.2 Å². The number of hydrogen-bond donors (Lipinski definition) is 0. The molecule has 12 heteroatoms. The number of alkyl halides is 3. The molecular formula is C24H20F3N5O3S. The van der Waals surface area contributed by atoms with E-state index in [0.717, 1.165) is 17.7 Å². The van der Waals surface area contributed by atoms with Gasteiger partial charge in [-0.3, -0.25) is 9.59 Å². The molecule has 36 heavy (non-hydrogen) atoms. The molecule has 8 nitrogen and oxygen atoms in total. The van der Waals surface area contributed by atoms with E-state index in [1.54, 1.807) is 4.90 Å². The van der Waals surface area contributed by atoms with Crippen molar-refractivity contribution in [1.82, 2.24) is 19.5 Å². The van der Waals surface area contributed by atoms with Crippen molar-refractivity contribution in [3.8, 4) is 16.3 Å². The number of amides is 1. The summed E-state index contributed by atoms with van der Waals surface area (Å²) >= 11 is 1.32. The van der Waals surface area contributed by atoms with Gasteiger partial charge in [0.05, 0.1) is 5.56 Å². The van der Waals surface area contributed by atoms with Crippen LogP contribution in [0.4, 0.5) is 19.0 Å². The van der Waals surface area contributed by atoms with Gasteiger partial charge < -0.3 is 14.5 Å². The third-order valence-corrected chi connectivity index (χ3v) is 6.69. The highest BCUT2D eigenvalue weighted by Crippen LogP contribution is 2.31. The van der Waals surface area contributed by atoms with Gasteiger partial charge in [-0.25, -0.2) is 4.98 Å². The predicted molar refractivity (Wildman–Crippen MR) is 128 cm³/mol. The summed E-state index contributed by atoms with van der Waals surface area (Å²) in [5.41, 5.74) is -0.229. The summed E-state index contributed by atoms with van der Waals surface area (Å²) in [7, 11) is 0. The van der Waals surface area contributed by atoms with Crippen molar-refractivity contribution in [3.63, 3.8) is 0 Å². The maximum atomic E-state index is 12.9. The number of fused-ring (bicyclic) bond motifs is 1. The minimum atomic E-state index is -4.48. The van der Waals surface area contributed by atoms with Gasteiger partial charge in [-0.2, -0.15) is 22.8 Å². The summed E-state index contributed by atoms with van der Waals surface area (Å²) < 4.78 is 45.2. The van der Waals surface area contributed by atoms with Crippen LogP contribution in [0.5, 0.6) is 5.75 Å². The number of aromatic nitrogens is 3. The second kappa shape index (κ2) is 9.61. The third-order valence-electron chi connectivity index (χ3n) is 5.73. The molecule has 0 bridgehead atoms. The van der Waals surface area contributed by atoms with Crippen molar-refractivity contribution in [3.05, 3.63) is 76.6 Å². The van der Waals surface area contributed by atoms with Gasteiger partial charge >= 0.3 is 6.18 Å². The maximum Gasteiger partial charge on any atom is 0.416 e. The van der Waals surface area contributed by atoms with Crippen LogP contribution in [0.25, 0.3) is 15.5 Å². The van der Waals surface area contributed by atoms with Crippen molar-refractivity contribution in [2.45, 2.75) is 6.18 Å². The number of rotatable bonds is 5. The average molecular weight is 516 g/mol. The van der Waals surface area contributed by atoms with Crippen molar-refractivity contribution >= 4 is 28.0 Å². The molecule has 0 radical (unpaired) electrons. The Hall–Kier alpha value is -3.93. The summed E-state index contributed by atoms with van der Waals surface area (Å²) in [5, 5.41) is 5.07. The van der Waals surface area contributed by atoms with E-state index in [0.29, 0.717) is 42.0 Å². The highest BCUT2D eigenvalue weighted by Gasteiger charge is 2.31. The van der Waals surface area contributed by atoms with Crippen molar-refractivity contribution in [1.29, 1.82) is 0 Å². The van der Waals surface area contributed by atoms with Crippen molar-refractivity contribution in [2.75, 3.05) is 37.7 Å². The van der Waals surface area contributed by atoms with Gasteiger partial charge in [-0.1, -0.05) is 47.7 Å². The first-order valence-electron chi connectivity index (χ1n) is 11.1. The number of halogens is 3. The standard InChI is InChI=1S/C24H20F3N5O3S/c25-24(26,27)17-7-4-8-18(13-17)35-15-21(34)31-11-9-30(10-12-31)19-14-20(33)32-23(28-19)36-22(29-32)16-5-2-1-3-6-16/h1-8,13-14H,9-12,15H2. The summed E-state index contributed by atoms with van der Waals surface area (Å²) in [5.74, 6) is 0.162. The Labute approximate surface area is 207 Å². The van der Waals surface area contributed by atoms with E-state index in [1.807, 2.05) is 35.2 Å². The summed E-state index contributed by atoms with van der Waals surface area (Å²) in [6.07, 6.45) is -4.48. The molecule has 0 atom stereocenters. The first kappa shape index (κ1) is 23.8. The highest BCUT2D eigenvalue weighted by molar-refractivity contribution is 7.19. The molecule has 0 unspecified atom stereocenters. The Kier molecular flexibility index (Phi) is 6.35. The second-order valence-electron chi connectivity index (χ2n) is 8.10. The zero-order valence-corrected chi connectivity index (χ0v) is 19.6. The smallest absolute Gasteiger partial charge is 0.416 e. The molecule has 0 saturated carbocycles. The highest BCUT2D eigenvalue weighted by atomic mass is 32.1. The van der Waals surface area contributed by atoms with E-state index >= 15 is 0 Å². The number of ether oxygens (including phenoxy) is 1. The van der Waals surface area contributed by atoms with Crippen molar-refractivity contribution in [2.24, 2.45) is 0 Å². The van der Waals surface area contributed by atoms with E-state index in [2.05, 4.69) is 10.1 Å². The lowest BCUT2D eigenvalue weighted by molar-refractivity contribution is -0.137. The largest absolute Gasteiger partial charge is 0.484 e. The SMILES string of the molecule is O=C(COc1cccc(C(F)(F)F)c1)N1CCN(c2cc(=O)n3nc(-c4ccccc4)sc3n2)CC1. The molecule has 4 aromatic rings. The number of nitrogens with zero attached hydrogens (tertiary/aromatic N) is 5. The Bertz CT molecular complexity index is 1450. The quantitative estimate of drug-likeness (QED) is 0.405. The van der Waals surface area contributed by atoms with Crippen LogP contribution in [0, 0.1) is 0 Å². The Morgan fingerprint density at radius 2 is 1.75 bits per heavy atom. The second-order valence-corrected chi connectivity index (χ2v) is 9.06. The zero-order valence-electron chi connectivity index (χ0n) is 18.8. The molecule has 0 N–H and O–H groups in total. The Morgan fingerprint density at radius 1 is 1.00 bits per heavy atom. The first-order valence-corrected chi connectivity index (χ1v) is 11.9. The van der Waals surface area contributed by atoms with Gasteiger partial charge in [0.2, 0.25) is 4.96 Å². The molecule has 0 aliphatic carbocycles. The van der Waals surface area contributed by atoms with Gasteiger partial charge in [0.25, 0.3) is 11.5 Å². The number of anilines is 1. The van der Waals surface area contributed by atoms with E-state index < -0.39 is 11.7 Å². The van der Waals surface area contributed by atoms with E-state index in [1.165, 1.54) is 34.1 Å². The van der Waals surface area contributed by atoms with E-state index in [-0.39, 0.29) is 23.8 Å². The lowest BCUT2D eigenvalue weighted by Crippen LogP contribution is -2.50. The predicted octanol–water partition coefficient (Wildman–Crippen LogP) is 3.56. The van der Waals surface area contributed by atoms with Gasteiger partial charge in [0.15, 0.2) is 6.61 Å². The number of piperazine rings is 1. The van der Waals surface area contributed by atoms with Gasteiger partial charge in [0.1, 0.15) is 16.6 Å². The van der Waals surface area contributed by atoms with Crippen LogP contribution in [-0.4, -0.2) is 58.2 Å². The van der Waals surface area contributed by atoms with Crippen LogP contribution in [0.2, 0.25) is 0 Å². The summed E-state index contributed by atoms with van der Waals surface area (Å²) in [6.45, 7) is 1.26. The summed E-state index contributed by atoms with van der Waals surface area (Å²) in [4.78, 5) is 33.8.